The highest BCUT2D eigenvalue weighted by Gasteiger charge is 2.27. The molecule has 3 aromatic carbocycles. The first-order valence-electron chi connectivity index (χ1n) is 15.4. The number of rotatable bonds is 13. The molecule has 0 aliphatic heterocycles. The Balaban J connectivity index is 1.54. The van der Waals surface area contributed by atoms with Crippen LogP contribution in [0.1, 0.15) is 87.5 Å². The van der Waals surface area contributed by atoms with Crippen LogP contribution in [-0.2, 0) is 27.3 Å². The molecule has 7 nitrogen and oxygen atoms in total. The standard InChI is InChI=1S/C37H44N2O5/c1-7-43-33(40)13-10-22-39-24-31(30-11-8-9-12-32(30)39)34(41)27-18-20-29(21-19-27)44-35(36(42)38-37(4,5)6)28-16-14-26(15-17-28)23-25(2)3/h8-9,11-12,14-21,24-25,35H,7,10,13,22-23H2,1-6H3,(H,38,42). The van der Waals surface area contributed by atoms with E-state index in [0.29, 0.717) is 48.8 Å². The first-order chi connectivity index (χ1) is 20.9. The van der Waals surface area contributed by atoms with Gasteiger partial charge in [-0.15, -0.1) is 0 Å². The second-order valence-corrected chi connectivity index (χ2v) is 12.6. The predicted octanol–water partition coefficient (Wildman–Crippen LogP) is 7.45. The van der Waals surface area contributed by atoms with Crippen LogP contribution in [0.5, 0.6) is 5.75 Å². The Bertz CT molecular complexity index is 1580. The van der Waals surface area contributed by atoms with E-state index in [1.807, 2.05) is 80.1 Å². The maximum atomic E-state index is 13.7. The van der Waals surface area contributed by atoms with Crippen molar-refractivity contribution in [2.45, 2.75) is 79.0 Å². The third kappa shape index (κ3) is 8.59. The lowest BCUT2D eigenvalue weighted by molar-refractivity contribution is -0.143. The first-order valence-corrected chi connectivity index (χ1v) is 15.4. The molecule has 0 aliphatic rings. The van der Waals surface area contributed by atoms with E-state index in [2.05, 4.69) is 19.2 Å². The largest absolute Gasteiger partial charge is 0.476 e. The molecule has 1 heterocycles. The molecule has 0 saturated carbocycles. The molecule has 4 rings (SSSR count). The Kier molecular flexibility index (Phi) is 10.6. The monoisotopic (exact) mass is 596 g/mol. The smallest absolute Gasteiger partial charge is 0.305 e. The number of fused-ring (bicyclic) bond motifs is 1. The summed E-state index contributed by atoms with van der Waals surface area (Å²) in [5.41, 5.74) is 3.59. The van der Waals surface area contributed by atoms with Crippen LogP contribution in [0.25, 0.3) is 10.9 Å². The fourth-order valence-corrected chi connectivity index (χ4v) is 5.22. The third-order valence-electron chi connectivity index (χ3n) is 7.15. The summed E-state index contributed by atoms with van der Waals surface area (Å²) in [4.78, 5) is 38.8. The molecule has 232 valence electrons. The normalized spacial score (nSPS) is 12.2. The number of hydrogen-bond acceptors (Lipinski definition) is 5. The number of carbonyl (C=O) groups is 3. The molecule has 0 saturated heterocycles. The molecule has 0 aliphatic carbocycles. The fourth-order valence-electron chi connectivity index (χ4n) is 5.22. The molecule has 0 radical (unpaired) electrons. The summed E-state index contributed by atoms with van der Waals surface area (Å²) in [6, 6.07) is 22.7. The molecule has 0 bridgehead atoms. The third-order valence-corrected chi connectivity index (χ3v) is 7.15. The zero-order chi connectivity index (χ0) is 31.9. The van der Waals surface area contributed by atoms with Crippen molar-refractivity contribution in [3.05, 3.63) is 101 Å². The molecule has 4 aromatic rings. The minimum Gasteiger partial charge on any atom is -0.476 e. The molecule has 1 N–H and O–H groups in total. The van der Waals surface area contributed by atoms with Crippen molar-refractivity contribution in [3.8, 4) is 5.75 Å². The zero-order valence-corrected chi connectivity index (χ0v) is 26.7. The van der Waals surface area contributed by atoms with Gasteiger partial charge in [-0.3, -0.25) is 14.4 Å². The van der Waals surface area contributed by atoms with Crippen molar-refractivity contribution < 1.29 is 23.9 Å². The Hall–Kier alpha value is -4.39. The van der Waals surface area contributed by atoms with E-state index >= 15 is 0 Å². The maximum absolute atomic E-state index is 13.7. The van der Waals surface area contributed by atoms with E-state index in [1.54, 1.807) is 31.2 Å². The van der Waals surface area contributed by atoms with Crippen molar-refractivity contribution in [1.82, 2.24) is 9.88 Å². The van der Waals surface area contributed by atoms with Gasteiger partial charge in [0.2, 0.25) is 6.10 Å². The van der Waals surface area contributed by atoms with Crippen LogP contribution in [-0.4, -0.2) is 34.4 Å². The van der Waals surface area contributed by atoms with Gasteiger partial charge in [0, 0.05) is 52.3 Å². The van der Waals surface area contributed by atoms with E-state index in [9.17, 15) is 14.4 Å². The Morgan fingerprint density at radius 3 is 2.23 bits per heavy atom. The van der Waals surface area contributed by atoms with Gasteiger partial charge in [-0.05, 0) is 82.3 Å². The van der Waals surface area contributed by atoms with E-state index in [-0.39, 0.29) is 17.7 Å². The highest BCUT2D eigenvalue weighted by Crippen LogP contribution is 2.28. The quantitative estimate of drug-likeness (QED) is 0.128. The fraction of sp³-hybridized carbons (Fsp3) is 0.378. The van der Waals surface area contributed by atoms with Crippen LogP contribution < -0.4 is 10.1 Å². The van der Waals surface area contributed by atoms with Crippen molar-refractivity contribution in [2.75, 3.05) is 6.61 Å². The molecular weight excluding hydrogens is 552 g/mol. The van der Waals surface area contributed by atoms with E-state index in [0.717, 1.165) is 22.9 Å². The lowest BCUT2D eigenvalue weighted by Crippen LogP contribution is -2.44. The Morgan fingerprint density at radius 1 is 0.909 bits per heavy atom. The van der Waals surface area contributed by atoms with Gasteiger partial charge in [0.05, 0.1) is 6.61 Å². The second-order valence-electron chi connectivity index (χ2n) is 12.6. The highest BCUT2D eigenvalue weighted by molar-refractivity contribution is 6.16. The summed E-state index contributed by atoms with van der Waals surface area (Å²) in [5.74, 6) is 0.461. The van der Waals surface area contributed by atoms with Gasteiger partial charge in [-0.1, -0.05) is 56.3 Å². The molecule has 1 amide bonds. The number of para-hydroxylation sites is 1. The van der Waals surface area contributed by atoms with E-state index < -0.39 is 11.6 Å². The van der Waals surface area contributed by atoms with Crippen molar-refractivity contribution in [2.24, 2.45) is 5.92 Å². The SMILES string of the molecule is CCOC(=O)CCCn1cc(C(=O)c2ccc(OC(C(=O)NC(C)(C)C)c3ccc(CC(C)C)cc3)cc2)c2ccccc21. The summed E-state index contributed by atoms with van der Waals surface area (Å²) < 4.78 is 13.3. The molecule has 7 heteroatoms. The number of nitrogens with zero attached hydrogens (tertiary/aromatic N) is 1. The summed E-state index contributed by atoms with van der Waals surface area (Å²) in [6.07, 6.45) is 2.90. The molecule has 1 aromatic heterocycles. The van der Waals surface area contributed by atoms with Gasteiger partial charge in [0.25, 0.3) is 5.91 Å². The number of nitrogens with one attached hydrogen (secondary N) is 1. The van der Waals surface area contributed by atoms with E-state index in [4.69, 9.17) is 9.47 Å². The molecule has 0 spiro atoms. The average molecular weight is 597 g/mol. The molecule has 1 unspecified atom stereocenters. The minimum atomic E-state index is -0.850. The van der Waals surface area contributed by atoms with Gasteiger partial charge in [-0.25, -0.2) is 0 Å². The van der Waals surface area contributed by atoms with Gasteiger partial charge >= 0.3 is 5.97 Å². The number of aromatic nitrogens is 1. The van der Waals surface area contributed by atoms with Crippen LogP contribution in [0.4, 0.5) is 0 Å². The van der Waals surface area contributed by atoms with Crippen molar-refractivity contribution in [3.63, 3.8) is 0 Å². The highest BCUT2D eigenvalue weighted by atomic mass is 16.5. The van der Waals surface area contributed by atoms with Crippen LogP contribution in [0.15, 0.2) is 79.0 Å². The predicted molar refractivity (Wildman–Crippen MR) is 174 cm³/mol. The lowest BCUT2D eigenvalue weighted by Gasteiger charge is -2.26. The number of benzene rings is 3. The van der Waals surface area contributed by atoms with Gasteiger partial charge in [0.15, 0.2) is 5.78 Å². The molecule has 44 heavy (non-hydrogen) atoms. The number of hydrogen-bond donors (Lipinski definition) is 1. The lowest BCUT2D eigenvalue weighted by atomic mass is 9.99. The summed E-state index contributed by atoms with van der Waals surface area (Å²) in [7, 11) is 0. The summed E-state index contributed by atoms with van der Waals surface area (Å²) >= 11 is 0. The van der Waals surface area contributed by atoms with Crippen molar-refractivity contribution in [1.29, 1.82) is 0 Å². The number of aryl methyl sites for hydroxylation is 1. The average Bonchev–Trinajstić information content (AvgIpc) is 3.34. The van der Waals surface area contributed by atoms with E-state index in [1.165, 1.54) is 5.56 Å². The number of amides is 1. The Labute approximate surface area is 260 Å². The first kappa shape index (κ1) is 32.5. The van der Waals surface area contributed by atoms with Crippen LogP contribution in [0.2, 0.25) is 0 Å². The summed E-state index contributed by atoms with van der Waals surface area (Å²) in [5, 5.41) is 3.89. The number of esters is 1. The van der Waals surface area contributed by atoms with Crippen LogP contribution in [0.3, 0.4) is 0 Å². The number of carbonyl (C=O) groups excluding carboxylic acids is 3. The molecule has 1 atom stereocenters. The topological polar surface area (TPSA) is 86.6 Å². The molecular formula is C37H44N2O5. The van der Waals surface area contributed by atoms with Gasteiger partial charge in [0.1, 0.15) is 5.75 Å². The summed E-state index contributed by atoms with van der Waals surface area (Å²) in [6.45, 7) is 12.9. The number of ketones is 1. The Morgan fingerprint density at radius 2 is 1.59 bits per heavy atom. The minimum absolute atomic E-state index is 0.111. The van der Waals surface area contributed by atoms with Crippen LogP contribution in [0, 0.1) is 5.92 Å². The maximum Gasteiger partial charge on any atom is 0.305 e. The molecule has 0 fully saturated rings. The second kappa shape index (κ2) is 14.4. The number of ether oxygens (including phenoxy) is 2. The van der Waals surface area contributed by atoms with Gasteiger partial charge in [-0.2, -0.15) is 0 Å². The van der Waals surface area contributed by atoms with Gasteiger partial charge < -0.3 is 19.4 Å². The van der Waals surface area contributed by atoms with Crippen LogP contribution >= 0.6 is 0 Å². The zero-order valence-electron chi connectivity index (χ0n) is 26.7. The van der Waals surface area contributed by atoms with Crippen molar-refractivity contribution >= 4 is 28.6 Å².